The molecule has 1 aromatic carbocycles. The number of amides is 3. The smallest absolute Gasteiger partial charge is 0.271 e. The van der Waals surface area contributed by atoms with Crippen molar-refractivity contribution in [3.63, 3.8) is 0 Å². The Balaban J connectivity index is 2.15. The fourth-order valence-corrected chi connectivity index (χ4v) is 4.21. The van der Waals surface area contributed by atoms with Crippen molar-refractivity contribution in [3.8, 4) is 0 Å². The number of nitrogens with one attached hydrogen (secondary N) is 1. The third-order valence-corrected chi connectivity index (χ3v) is 4.96. The summed E-state index contributed by atoms with van der Waals surface area (Å²) in [6.45, 7) is 6.70. The fraction of sp³-hybridized carbons (Fsp3) is 0.250. The summed E-state index contributed by atoms with van der Waals surface area (Å²) in [5, 5.41) is 8.10. The SMILES string of the molecule is C=CCN1C(=O)[C@]2(SC(NC(C)=O)=NN2C(C)=O)c2ccccc21. The minimum absolute atomic E-state index is 0.223. The highest BCUT2D eigenvalue weighted by Crippen LogP contribution is 2.54. The normalized spacial score (nSPS) is 21.8. The van der Waals surface area contributed by atoms with Crippen molar-refractivity contribution in [3.05, 3.63) is 42.5 Å². The highest BCUT2D eigenvalue weighted by Gasteiger charge is 2.60. The molecule has 2 aliphatic heterocycles. The maximum Gasteiger partial charge on any atom is 0.271 e. The average molecular weight is 344 g/mol. The third kappa shape index (κ3) is 2.22. The lowest BCUT2D eigenvalue weighted by Crippen LogP contribution is -2.48. The van der Waals surface area contributed by atoms with Crippen LogP contribution in [0.15, 0.2) is 42.0 Å². The van der Waals surface area contributed by atoms with E-state index in [0.717, 1.165) is 16.8 Å². The van der Waals surface area contributed by atoms with Crippen LogP contribution < -0.4 is 10.2 Å². The van der Waals surface area contributed by atoms with Gasteiger partial charge in [-0.3, -0.25) is 14.4 Å². The van der Waals surface area contributed by atoms with Gasteiger partial charge >= 0.3 is 0 Å². The second-order valence-electron chi connectivity index (χ2n) is 5.38. The van der Waals surface area contributed by atoms with Gasteiger partial charge in [0, 0.05) is 26.0 Å². The third-order valence-electron chi connectivity index (χ3n) is 3.72. The summed E-state index contributed by atoms with van der Waals surface area (Å²) in [7, 11) is 0. The number of rotatable bonds is 2. The van der Waals surface area contributed by atoms with Gasteiger partial charge in [0.1, 0.15) is 0 Å². The summed E-state index contributed by atoms with van der Waals surface area (Å²) in [6.07, 6.45) is 1.63. The quantitative estimate of drug-likeness (QED) is 0.822. The van der Waals surface area contributed by atoms with Crippen molar-refractivity contribution in [2.24, 2.45) is 5.10 Å². The minimum atomic E-state index is -1.33. The zero-order valence-corrected chi connectivity index (χ0v) is 14.1. The summed E-state index contributed by atoms with van der Waals surface area (Å²) in [6, 6.07) is 7.25. The van der Waals surface area contributed by atoms with E-state index >= 15 is 0 Å². The van der Waals surface area contributed by atoms with Crippen LogP contribution in [0.5, 0.6) is 0 Å². The molecule has 0 fully saturated rings. The number of carbonyl (C=O) groups excluding carboxylic acids is 3. The maximum atomic E-state index is 13.2. The molecule has 0 aliphatic carbocycles. The number of hydrazone groups is 1. The van der Waals surface area contributed by atoms with Crippen molar-refractivity contribution >= 4 is 40.3 Å². The number of hydrogen-bond acceptors (Lipinski definition) is 5. The van der Waals surface area contributed by atoms with E-state index in [1.165, 1.54) is 13.8 Å². The van der Waals surface area contributed by atoms with Crippen LogP contribution in [0.3, 0.4) is 0 Å². The molecule has 8 heteroatoms. The van der Waals surface area contributed by atoms with E-state index in [9.17, 15) is 14.4 Å². The van der Waals surface area contributed by atoms with E-state index in [0.29, 0.717) is 17.8 Å². The topological polar surface area (TPSA) is 82.1 Å². The van der Waals surface area contributed by atoms with Gasteiger partial charge in [0.15, 0.2) is 5.17 Å². The van der Waals surface area contributed by atoms with Crippen LogP contribution in [-0.2, 0) is 19.3 Å². The molecule has 1 spiro atoms. The standard InChI is InChI=1S/C16H16N4O3S/c1-4-9-19-13-8-6-5-7-12(13)16(14(19)23)20(11(3)22)18-15(24-16)17-10(2)21/h4-8H,1,9H2,2-3H3,(H,17,18,21)/t16-/m1/s1. The van der Waals surface area contributed by atoms with E-state index < -0.39 is 4.87 Å². The Kier molecular flexibility index (Phi) is 3.92. The monoisotopic (exact) mass is 344 g/mol. The summed E-state index contributed by atoms with van der Waals surface area (Å²) < 4.78 is 0. The molecular weight excluding hydrogens is 328 g/mol. The summed E-state index contributed by atoms with van der Waals surface area (Å²) in [5.74, 6) is -0.983. The van der Waals surface area contributed by atoms with Crippen molar-refractivity contribution < 1.29 is 14.4 Å². The average Bonchev–Trinajstić information content (AvgIpc) is 3.01. The number of para-hydroxylation sites is 1. The van der Waals surface area contributed by atoms with E-state index in [1.807, 2.05) is 12.1 Å². The number of benzene rings is 1. The highest BCUT2D eigenvalue weighted by molar-refractivity contribution is 8.15. The summed E-state index contributed by atoms with van der Waals surface area (Å²) >= 11 is 1.06. The number of nitrogens with zero attached hydrogens (tertiary/aromatic N) is 3. The zero-order valence-electron chi connectivity index (χ0n) is 13.3. The van der Waals surface area contributed by atoms with Crippen molar-refractivity contribution in [1.82, 2.24) is 10.3 Å². The van der Waals surface area contributed by atoms with Gasteiger partial charge in [-0.25, -0.2) is 0 Å². The van der Waals surface area contributed by atoms with Gasteiger partial charge in [-0.2, -0.15) is 5.01 Å². The zero-order chi connectivity index (χ0) is 17.5. The molecule has 0 unspecified atom stereocenters. The second kappa shape index (κ2) is 5.79. The highest BCUT2D eigenvalue weighted by atomic mass is 32.2. The lowest BCUT2D eigenvalue weighted by Gasteiger charge is -2.29. The molecule has 0 saturated carbocycles. The Hall–Kier alpha value is -2.61. The number of amidine groups is 1. The van der Waals surface area contributed by atoms with Gasteiger partial charge in [0.2, 0.25) is 16.7 Å². The van der Waals surface area contributed by atoms with E-state index in [4.69, 9.17) is 0 Å². The number of fused-ring (bicyclic) bond motifs is 2. The first-order chi connectivity index (χ1) is 11.4. The van der Waals surface area contributed by atoms with Crippen LogP contribution in [-0.4, -0.2) is 34.4 Å². The minimum Gasteiger partial charge on any atom is -0.305 e. The molecule has 0 saturated heterocycles. The number of hydrogen-bond donors (Lipinski definition) is 1. The fourth-order valence-electron chi connectivity index (χ4n) is 2.87. The number of carbonyl (C=O) groups is 3. The van der Waals surface area contributed by atoms with Crippen molar-refractivity contribution in [1.29, 1.82) is 0 Å². The molecule has 1 N–H and O–H groups in total. The van der Waals surface area contributed by atoms with E-state index in [2.05, 4.69) is 17.0 Å². The van der Waals surface area contributed by atoms with E-state index in [1.54, 1.807) is 23.1 Å². The molecule has 0 radical (unpaired) electrons. The predicted octanol–water partition coefficient (Wildman–Crippen LogP) is 1.37. The summed E-state index contributed by atoms with van der Waals surface area (Å²) in [4.78, 5) is 37.0. The molecule has 3 rings (SSSR count). The Morgan fingerprint density at radius 1 is 1.38 bits per heavy atom. The molecule has 1 aromatic rings. The van der Waals surface area contributed by atoms with Crippen LogP contribution >= 0.6 is 11.8 Å². The van der Waals surface area contributed by atoms with Crippen molar-refractivity contribution in [2.75, 3.05) is 11.4 Å². The molecule has 0 aromatic heterocycles. The predicted molar refractivity (Wildman–Crippen MR) is 92.0 cm³/mol. The molecule has 7 nitrogen and oxygen atoms in total. The van der Waals surface area contributed by atoms with Crippen molar-refractivity contribution in [2.45, 2.75) is 18.7 Å². The number of thioether (sulfide) groups is 1. The number of anilines is 1. The van der Waals surface area contributed by atoms with Crippen LogP contribution in [0.1, 0.15) is 19.4 Å². The van der Waals surface area contributed by atoms with Gasteiger partial charge in [-0.1, -0.05) is 24.3 Å². The Labute approximate surface area is 143 Å². The van der Waals surface area contributed by atoms with Gasteiger partial charge in [0.25, 0.3) is 5.91 Å². The maximum absolute atomic E-state index is 13.2. The summed E-state index contributed by atoms with van der Waals surface area (Å²) in [5.41, 5.74) is 1.38. The van der Waals surface area contributed by atoms with E-state index in [-0.39, 0.29) is 22.9 Å². The van der Waals surface area contributed by atoms with Gasteiger partial charge in [0.05, 0.1) is 5.69 Å². The Bertz CT molecular complexity index is 791. The second-order valence-corrected chi connectivity index (χ2v) is 6.57. The first-order valence-corrected chi connectivity index (χ1v) is 8.12. The first-order valence-electron chi connectivity index (χ1n) is 7.30. The largest absolute Gasteiger partial charge is 0.305 e. The first kappa shape index (κ1) is 16.3. The van der Waals surface area contributed by atoms with Crippen LogP contribution in [0.25, 0.3) is 0 Å². The molecule has 0 bridgehead atoms. The Morgan fingerprint density at radius 2 is 2.08 bits per heavy atom. The van der Waals surface area contributed by atoms with Gasteiger partial charge in [-0.05, 0) is 17.8 Å². The molecule has 2 aliphatic rings. The lowest BCUT2D eigenvalue weighted by atomic mass is 10.1. The van der Waals surface area contributed by atoms with Crippen LogP contribution in [0.4, 0.5) is 5.69 Å². The van der Waals surface area contributed by atoms with Gasteiger partial charge in [-0.15, -0.1) is 11.7 Å². The lowest BCUT2D eigenvalue weighted by molar-refractivity contribution is -0.139. The Morgan fingerprint density at radius 3 is 2.71 bits per heavy atom. The van der Waals surface area contributed by atoms with Gasteiger partial charge < -0.3 is 10.2 Å². The molecule has 124 valence electrons. The molecule has 2 heterocycles. The molecule has 3 amide bonds. The molecule has 24 heavy (non-hydrogen) atoms. The molecule has 1 atom stereocenters. The van der Waals surface area contributed by atoms with Crippen LogP contribution in [0, 0.1) is 0 Å². The van der Waals surface area contributed by atoms with Crippen LogP contribution in [0.2, 0.25) is 0 Å². The molecular formula is C16H16N4O3S.